The van der Waals surface area contributed by atoms with Gasteiger partial charge in [-0.3, -0.25) is 14.4 Å². The van der Waals surface area contributed by atoms with Crippen molar-refractivity contribution in [2.75, 3.05) is 20.6 Å². The molecule has 0 aromatic rings. The van der Waals surface area contributed by atoms with Gasteiger partial charge in [0.2, 0.25) is 17.7 Å². The van der Waals surface area contributed by atoms with Gasteiger partial charge < -0.3 is 25.5 Å². The van der Waals surface area contributed by atoms with E-state index in [9.17, 15) is 24.3 Å². The molecule has 0 radical (unpaired) electrons. The summed E-state index contributed by atoms with van der Waals surface area (Å²) < 4.78 is 0. The van der Waals surface area contributed by atoms with E-state index in [-0.39, 0.29) is 29.1 Å². The van der Waals surface area contributed by atoms with Crippen molar-refractivity contribution in [1.82, 2.24) is 20.4 Å². The van der Waals surface area contributed by atoms with Gasteiger partial charge in [0.15, 0.2) is 0 Å². The first kappa shape index (κ1) is 34.8. The summed E-state index contributed by atoms with van der Waals surface area (Å²) in [6.45, 7) is 16.2. The largest absolute Gasteiger partial charge is 0.480 e. The van der Waals surface area contributed by atoms with Crippen molar-refractivity contribution in [2.45, 2.75) is 125 Å². The Balaban J connectivity index is 2.29. The molecule has 9 nitrogen and oxygen atoms in total. The highest BCUT2D eigenvalue weighted by atomic mass is 16.4. The minimum Gasteiger partial charge on any atom is -0.480 e. The van der Waals surface area contributed by atoms with E-state index in [0.29, 0.717) is 30.9 Å². The summed E-state index contributed by atoms with van der Waals surface area (Å²) in [6, 6.07) is -2.46. The van der Waals surface area contributed by atoms with Gasteiger partial charge in [0.1, 0.15) is 12.1 Å². The summed E-state index contributed by atoms with van der Waals surface area (Å²) in [7, 11) is 3.52. The first-order chi connectivity index (χ1) is 18.9. The Morgan fingerprint density at radius 3 is 2.02 bits per heavy atom. The van der Waals surface area contributed by atoms with Gasteiger partial charge in [-0.25, -0.2) is 4.79 Å². The molecule has 2 fully saturated rings. The van der Waals surface area contributed by atoms with Crippen LogP contribution in [0.15, 0.2) is 11.6 Å². The second kappa shape index (κ2) is 14.2. The van der Waals surface area contributed by atoms with Crippen LogP contribution < -0.4 is 10.6 Å². The maximum absolute atomic E-state index is 14.1. The molecule has 3 N–H and O–H groups in total. The number of likely N-dealkylation sites (N-methyl/N-ethyl adjacent to an activating group) is 2. The first-order valence-electron chi connectivity index (χ1n) is 15.4. The maximum atomic E-state index is 14.1. The molecule has 3 amide bonds. The minimum atomic E-state index is -0.994. The van der Waals surface area contributed by atoms with Crippen molar-refractivity contribution in [3.8, 4) is 0 Å². The van der Waals surface area contributed by atoms with Gasteiger partial charge in [0, 0.05) is 19.2 Å². The summed E-state index contributed by atoms with van der Waals surface area (Å²) in [4.78, 5) is 55.8. The third-order valence-electron chi connectivity index (χ3n) is 9.39. The Bertz CT molecular complexity index is 977. The zero-order valence-corrected chi connectivity index (χ0v) is 27.2. The smallest absolute Gasteiger partial charge is 0.326 e. The lowest BCUT2D eigenvalue weighted by Gasteiger charge is -2.43. The fraction of sp³-hybridized carbons (Fsp3) is 0.812. The van der Waals surface area contributed by atoms with Gasteiger partial charge in [-0.1, -0.05) is 73.8 Å². The van der Waals surface area contributed by atoms with E-state index in [1.54, 1.807) is 24.9 Å². The lowest BCUT2D eigenvalue weighted by Crippen LogP contribution is -2.61. The molecule has 0 unspecified atom stereocenters. The number of nitrogens with zero attached hydrogens (tertiary/aromatic N) is 2. The average Bonchev–Trinajstić information content (AvgIpc) is 3.39. The number of carboxylic acids is 1. The molecule has 0 spiro atoms. The zero-order valence-electron chi connectivity index (χ0n) is 27.2. The number of aliphatic carboxylic acids is 1. The Morgan fingerprint density at radius 2 is 1.54 bits per heavy atom. The van der Waals surface area contributed by atoms with E-state index in [0.717, 1.165) is 12.8 Å². The monoisotopic (exact) mass is 576 g/mol. The predicted molar refractivity (Wildman–Crippen MR) is 162 cm³/mol. The third kappa shape index (κ3) is 8.33. The Labute approximate surface area is 247 Å². The lowest BCUT2D eigenvalue weighted by atomic mass is 9.66. The fourth-order valence-corrected chi connectivity index (χ4v) is 6.72. The van der Waals surface area contributed by atoms with Crippen LogP contribution in [0.1, 0.15) is 100 Å². The van der Waals surface area contributed by atoms with Crippen LogP contribution in [-0.4, -0.2) is 83.4 Å². The number of carboxylic acid groups (broad SMARTS) is 1. The highest BCUT2D eigenvalue weighted by molar-refractivity contribution is 5.96. The zero-order chi connectivity index (χ0) is 31.3. The quantitative estimate of drug-likeness (QED) is 0.317. The van der Waals surface area contributed by atoms with Gasteiger partial charge >= 0.3 is 5.97 Å². The van der Waals surface area contributed by atoms with Crippen molar-refractivity contribution in [3.05, 3.63) is 11.6 Å². The number of amides is 3. The molecular formula is C32H56N4O5. The van der Waals surface area contributed by atoms with Crippen LogP contribution in [0.4, 0.5) is 0 Å². The standard InChI is InChI=1S/C32H56N4O5/c1-20(2)24(19-21(3)28(38)36-18-14-17-23(36)30(40)41)35(10)29(39)26(31(4,5)6)34-27(37)25(33-9)32(7,8)22-15-12-11-13-16-22/h19-20,22-26,33H,11-18H2,1-10H3,(H,34,37)(H,40,41)/t23-,24+,25+,26+/m0/s1. The molecule has 2 aliphatic rings. The molecule has 0 aromatic carbocycles. The van der Waals surface area contributed by atoms with E-state index in [1.807, 2.05) is 41.7 Å². The predicted octanol–water partition coefficient (Wildman–Crippen LogP) is 4.22. The van der Waals surface area contributed by atoms with Crippen LogP contribution in [0.5, 0.6) is 0 Å². The molecule has 2 rings (SSSR count). The van der Waals surface area contributed by atoms with Gasteiger partial charge in [0.05, 0.1) is 12.1 Å². The molecule has 1 heterocycles. The van der Waals surface area contributed by atoms with Gasteiger partial charge in [0.25, 0.3) is 0 Å². The van der Waals surface area contributed by atoms with Gasteiger partial charge in [-0.15, -0.1) is 0 Å². The van der Waals surface area contributed by atoms with Crippen molar-refractivity contribution in [3.63, 3.8) is 0 Å². The second-order valence-electron chi connectivity index (χ2n) is 14.2. The lowest BCUT2D eigenvalue weighted by molar-refractivity contribution is -0.146. The molecule has 41 heavy (non-hydrogen) atoms. The van der Waals surface area contributed by atoms with Crippen molar-refractivity contribution in [1.29, 1.82) is 0 Å². The minimum absolute atomic E-state index is 0.0211. The van der Waals surface area contributed by atoms with Crippen molar-refractivity contribution < 1.29 is 24.3 Å². The van der Waals surface area contributed by atoms with Crippen LogP contribution in [-0.2, 0) is 19.2 Å². The highest BCUT2D eigenvalue weighted by Crippen LogP contribution is 2.41. The third-order valence-corrected chi connectivity index (χ3v) is 9.39. The van der Waals surface area contributed by atoms with Crippen LogP contribution in [0.25, 0.3) is 0 Å². The fourth-order valence-electron chi connectivity index (χ4n) is 6.72. The molecule has 1 aliphatic carbocycles. The van der Waals surface area contributed by atoms with E-state index >= 15 is 0 Å². The van der Waals surface area contributed by atoms with Crippen molar-refractivity contribution in [2.24, 2.45) is 22.7 Å². The van der Waals surface area contributed by atoms with Gasteiger partial charge in [-0.05, 0) is 62.3 Å². The summed E-state index contributed by atoms with van der Waals surface area (Å²) in [5, 5.41) is 15.9. The number of likely N-dealkylation sites (tertiary alicyclic amines) is 1. The summed E-state index contributed by atoms with van der Waals surface area (Å²) >= 11 is 0. The highest BCUT2D eigenvalue weighted by Gasteiger charge is 2.44. The number of carbonyl (C=O) groups is 4. The van der Waals surface area contributed by atoms with E-state index in [1.165, 1.54) is 24.2 Å². The molecule has 0 aromatic heterocycles. The molecule has 234 valence electrons. The van der Waals surface area contributed by atoms with Crippen LogP contribution in [0.3, 0.4) is 0 Å². The SMILES string of the molecule is CN[C@H](C(=O)N[C@H](C(=O)N(C)[C@H](C=C(C)C(=O)N1CCC[C@H]1C(=O)O)C(C)C)C(C)(C)C)C(C)(C)C1CCCCC1. The molecule has 1 aliphatic heterocycles. The van der Waals surface area contributed by atoms with E-state index in [2.05, 4.69) is 24.5 Å². The summed E-state index contributed by atoms with van der Waals surface area (Å²) in [6.07, 6.45) is 8.68. The number of rotatable bonds is 11. The average molecular weight is 577 g/mol. The molecular weight excluding hydrogens is 520 g/mol. The maximum Gasteiger partial charge on any atom is 0.326 e. The second-order valence-corrected chi connectivity index (χ2v) is 14.2. The molecule has 1 saturated heterocycles. The van der Waals surface area contributed by atoms with Crippen LogP contribution in [0.2, 0.25) is 0 Å². The molecule has 9 heteroatoms. The van der Waals surface area contributed by atoms with Gasteiger partial charge in [-0.2, -0.15) is 0 Å². The van der Waals surface area contributed by atoms with Crippen molar-refractivity contribution >= 4 is 23.7 Å². The number of hydrogen-bond acceptors (Lipinski definition) is 5. The number of hydrogen-bond donors (Lipinski definition) is 3. The number of carbonyl (C=O) groups excluding carboxylic acids is 3. The summed E-state index contributed by atoms with van der Waals surface area (Å²) in [5.41, 5.74) is -0.424. The van der Waals surface area contributed by atoms with E-state index < -0.39 is 35.6 Å². The number of nitrogens with one attached hydrogen (secondary N) is 2. The molecule has 1 saturated carbocycles. The normalized spacial score (nSPS) is 21.4. The molecule has 0 bridgehead atoms. The molecule has 4 atom stereocenters. The first-order valence-corrected chi connectivity index (χ1v) is 15.4. The van der Waals surface area contributed by atoms with E-state index in [4.69, 9.17) is 0 Å². The Hall–Kier alpha value is -2.42. The summed E-state index contributed by atoms with van der Waals surface area (Å²) in [5.74, 6) is -1.31. The van der Waals surface area contributed by atoms with Crippen LogP contribution in [0, 0.1) is 22.7 Å². The Morgan fingerprint density at radius 1 is 0.951 bits per heavy atom. The van der Waals surface area contributed by atoms with Crippen LogP contribution >= 0.6 is 0 Å². The topological polar surface area (TPSA) is 119 Å². The Kier molecular flexibility index (Phi) is 12.0.